The van der Waals surface area contributed by atoms with Gasteiger partial charge in [-0.1, -0.05) is 281 Å². The fraction of sp³-hybridized carbons (Fsp3) is 0.839. The van der Waals surface area contributed by atoms with Crippen molar-refractivity contribution < 1.29 is 24.5 Å². The summed E-state index contributed by atoms with van der Waals surface area (Å²) in [5.41, 5.74) is 0. The number of esters is 1. The van der Waals surface area contributed by atoms with E-state index in [2.05, 4.69) is 74.7 Å². The van der Waals surface area contributed by atoms with Gasteiger partial charge in [0.05, 0.1) is 25.2 Å². The molecule has 398 valence electrons. The number of nitrogens with one attached hydrogen (secondary N) is 1. The van der Waals surface area contributed by atoms with Crippen LogP contribution in [-0.4, -0.2) is 46.9 Å². The number of amides is 1. The molecule has 0 fully saturated rings. The fourth-order valence-electron chi connectivity index (χ4n) is 9.19. The van der Waals surface area contributed by atoms with E-state index < -0.39 is 18.2 Å². The molecule has 0 saturated heterocycles. The van der Waals surface area contributed by atoms with E-state index in [1.165, 1.54) is 186 Å². The number of allylic oxidation sites excluding steroid dienone is 8. The van der Waals surface area contributed by atoms with E-state index in [1.807, 2.05) is 0 Å². The first-order valence-corrected chi connectivity index (χ1v) is 29.9. The Morgan fingerprint density at radius 3 is 1.19 bits per heavy atom. The number of hydrogen-bond acceptors (Lipinski definition) is 5. The van der Waals surface area contributed by atoms with Crippen LogP contribution in [0, 0.1) is 0 Å². The molecule has 0 bridgehead atoms. The van der Waals surface area contributed by atoms with Crippen LogP contribution < -0.4 is 5.32 Å². The van der Waals surface area contributed by atoms with E-state index in [0.29, 0.717) is 19.3 Å². The van der Waals surface area contributed by atoms with Crippen molar-refractivity contribution in [3.63, 3.8) is 0 Å². The number of aliphatic hydroxyl groups excluding tert-OH is 2. The number of carbonyl (C=O) groups excluding carboxylic acids is 2. The molecular weight excluding hydrogens is 839 g/mol. The highest BCUT2D eigenvalue weighted by molar-refractivity contribution is 5.77. The Morgan fingerprint density at radius 2 is 0.794 bits per heavy atom. The van der Waals surface area contributed by atoms with Gasteiger partial charge in [0.15, 0.2) is 0 Å². The summed E-state index contributed by atoms with van der Waals surface area (Å²) in [5, 5.41) is 23.9. The van der Waals surface area contributed by atoms with Gasteiger partial charge in [-0.25, -0.2) is 0 Å². The van der Waals surface area contributed by atoms with Crippen LogP contribution in [0.15, 0.2) is 48.6 Å². The zero-order valence-electron chi connectivity index (χ0n) is 45.5. The van der Waals surface area contributed by atoms with Crippen molar-refractivity contribution in [2.24, 2.45) is 0 Å². The molecule has 0 rings (SSSR count). The predicted octanol–water partition coefficient (Wildman–Crippen LogP) is 18.6. The molecule has 6 heteroatoms. The van der Waals surface area contributed by atoms with Crippen LogP contribution in [-0.2, 0) is 14.3 Å². The second-order valence-electron chi connectivity index (χ2n) is 20.4. The second kappa shape index (κ2) is 55.7. The Bertz CT molecular complexity index is 1160. The van der Waals surface area contributed by atoms with E-state index in [-0.39, 0.29) is 24.9 Å². The van der Waals surface area contributed by atoms with Crippen molar-refractivity contribution in [2.45, 2.75) is 328 Å². The molecule has 68 heavy (non-hydrogen) atoms. The molecule has 0 spiro atoms. The number of rotatable bonds is 54. The molecule has 0 aliphatic heterocycles. The Labute approximate surface area is 423 Å². The SMILES string of the molecule is CC/C=C/C/C=C/C/C=C/C/C=C/CCCCCC(=O)OC(CCCCCCCCCCCCCCCCCCC)CC(=O)NC(CO)C(O)CCCCCCCCCCCCCCCCCC. The monoisotopic (exact) mass is 954 g/mol. The van der Waals surface area contributed by atoms with Crippen molar-refractivity contribution in [1.29, 1.82) is 0 Å². The molecule has 0 aliphatic carbocycles. The Kier molecular flexibility index (Phi) is 54.0. The minimum Gasteiger partial charge on any atom is -0.462 e. The quantitative estimate of drug-likeness (QED) is 0.0321. The van der Waals surface area contributed by atoms with Crippen LogP contribution in [0.5, 0.6) is 0 Å². The van der Waals surface area contributed by atoms with E-state index >= 15 is 0 Å². The summed E-state index contributed by atoms with van der Waals surface area (Å²) in [5.74, 6) is -0.495. The number of aliphatic hydroxyl groups is 2. The minimum atomic E-state index is -0.793. The van der Waals surface area contributed by atoms with Crippen molar-refractivity contribution in [1.82, 2.24) is 5.32 Å². The maximum atomic E-state index is 13.3. The topological polar surface area (TPSA) is 95.9 Å². The lowest BCUT2D eigenvalue weighted by Gasteiger charge is -2.24. The average Bonchev–Trinajstić information content (AvgIpc) is 3.33. The van der Waals surface area contributed by atoms with Gasteiger partial charge in [0.1, 0.15) is 6.10 Å². The summed E-state index contributed by atoms with van der Waals surface area (Å²) < 4.78 is 5.96. The molecule has 1 amide bonds. The van der Waals surface area contributed by atoms with E-state index in [0.717, 1.165) is 77.0 Å². The van der Waals surface area contributed by atoms with E-state index in [4.69, 9.17) is 4.74 Å². The van der Waals surface area contributed by atoms with Gasteiger partial charge in [0.25, 0.3) is 0 Å². The van der Waals surface area contributed by atoms with Gasteiger partial charge in [-0.05, 0) is 64.2 Å². The maximum Gasteiger partial charge on any atom is 0.306 e. The van der Waals surface area contributed by atoms with E-state index in [1.54, 1.807) is 0 Å². The summed E-state index contributed by atoms with van der Waals surface area (Å²) in [6, 6.07) is -0.708. The zero-order valence-corrected chi connectivity index (χ0v) is 45.5. The van der Waals surface area contributed by atoms with Crippen molar-refractivity contribution in [3.05, 3.63) is 48.6 Å². The van der Waals surface area contributed by atoms with Gasteiger partial charge < -0.3 is 20.3 Å². The van der Waals surface area contributed by atoms with Crippen LogP contribution in [0.2, 0.25) is 0 Å². The molecule has 0 aromatic heterocycles. The molecule has 0 heterocycles. The van der Waals surface area contributed by atoms with Crippen molar-refractivity contribution in [2.75, 3.05) is 6.61 Å². The largest absolute Gasteiger partial charge is 0.462 e. The first-order valence-electron chi connectivity index (χ1n) is 29.9. The van der Waals surface area contributed by atoms with Crippen LogP contribution in [0.1, 0.15) is 310 Å². The molecule has 3 unspecified atom stereocenters. The third-order valence-corrected chi connectivity index (χ3v) is 13.7. The van der Waals surface area contributed by atoms with Gasteiger partial charge in [-0.3, -0.25) is 9.59 Å². The van der Waals surface area contributed by atoms with Crippen molar-refractivity contribution in [3.8, 4) is 0 Å². The van der Waals surface area contributed by atoms with Gasteiger partial charge in [0, 0.05) is 6.42 Å². The molecule has 0 aliphatic rings. The van der Waals surface area contributed by atoms with Gasteiger partial charge in [0.2, 0.25) is 5.91 Å². The molecule has 0 radical (unpaired) electrons. The summed E-state index contributed by atoms with van der Waals surface area (Å²) in [4.78, 5) is 26.3. The first kappa shape index (κ1) is 65.8. The van der Waals surface area contributed by atoms with Gasteiger partial charge in [-0.2, -0.15) is 0 Å². The molecule has 3 N–H and O–H groups in total. The normalized spacial score (nSPS) is 13.4. The maximum absolute atomic E-state index is 13.3. The molecular formula is C62H115NO5. The summed E-state index contributed by atoms with van der Waals surface area (Å²) in [6.45, 7) is 6.41. The summed E-state index contributed by atoms with van der Waals surface area (Å²) in [6.07, 6.45) is 68.9. The highest BCUT2D eigenvalue weighted by Crippen LogP contribution is 2.19. The Morgan fingerprint density at radius 1 is 0.441 bits per heavy atom. The molecule has 0 saturated carbocycles. The number of unbranched alkanes of at least 4 members (excludes halogenated alkanes) is 34. The lowest BCUT2D eigenvalue weighted by Crippen LogP contribution is -2.46. The minimum absolute atomic E-state index is 0.0682. The Balaban J connectivity index is 4.57. The average molecular weight is 955 g/mol. The van der Waals surface area contributed by atoms with Gasteiger partial charge >= 0.3 is 5.97 Å². The van der Waals surface area contributed by atoms with Crippen LogP contribution in [0.4, 0.5) is 0 Å². The third kappa shape index (κ3) is 50.2. The van der Waals surface area contributed by atoms with E-state index in [9.17, 15) is 19.8 Å². The molecule has 3 atom stereocenters. The second-order valence-corrected chi connectivity index (χ2v) is 20.4. The Hall–Kier alpha value is -2.18. The smallest absolute Gasteiger partial charge is 0.306 e. The fourth-order valence-corrected chi connectivity index (χ4v) is 9.19. The number of hydrogen-bond donors (Lipinski definition) is 3. The highest BCUT2D eigenvalue weighted by Gasteiger charge is 2.24. The lowest BCUT2D eigenvalue weighted by molar-refractivity contribution is -0.151. The lowest BCUT2D eigenvalue weighted by atomic mass is 10.0. The third-order valence-electron chi connectivity index (χ3n) is 13.7. The van der Waals surface area contributed by atoms with Crippen LogP contribution in [0.3, 0.4) is 0 Å². The first-order chi connectivity index (χ1) is 33.5. The standard InChI is InChI=1S/C62H115NO5/c1-4-7-10-13-16-19-22-25-28-31-32-35-38-41-44-47-50-53-58(68-62(67)55-52-49-46-43-40-37-34-30-27-24-21-18-15-12-9-6-3)56-61(66)63-59(57-64)60(65)54-51-48-45-42-39-36-33-29-26-23-20-17-14-11-8-5-2/h9,12,18,21,27,30,37,40,58-60,64-65H,4-8,10-11,13-17,19-20,22-26,28-29,31-36,38-39,41-57H2,1-3H3,(H,63,66)/b12-9+,21-18+,30-27+,40-37+. The molecule has 0 aromatic carbocycles. The molecule has 0 aromatic rings. The number of ether oxygens (including phenoxy) is 1. The van der Waals surface area contributed by atoms with Crippen LogP contribution in [0.25, 0.3) is 0 Å². The van der Waals surface area contributed by atoms with Gasteiger partial charge in [-0.15, -0.1) is 0 Å². The summed E-state index contributed by atoms with van der Waals surface area (Å²) >= 11 is 0. The number of carbonyl (C=O) groups is 2. The van der Waals surface area contributed by atoms with Crippen LogP contribution >= 0.6 is 0 Å². The zero-order chi connectivity index (χ0) is 49.5. The predicted molar refractivity (Wildman–Crippen MR) is 296 cm³/mol. The summed E-state index contributed by atoms with van der Waals surface area (Å²) in [7, 11) is 0. The highest BCUT2D eigenvalue weighted by atomic mass is 16.5. The molecule has 6 nitrogen and oxygen atoms in total. The van der Waals surface area contributed by atoms with Crippen molar-refractivity contribution >= 4 is 11.9 Å².